The van der Waals surface area contributed by atoms with Gasteiger partial charge in [0.2, 0.25) is 0 Å². The van der Waals surface area contributed by atoms with Gasteiger partial charge >= 0.3 is 0 Å². The van der Waals surface area contributed by atoms with Crippen LogP contribution in [0.5, 0.6) is 0 Å². The molecule has 2 aromatic rings. The van der Waals surface area contributed by atoms with Crippen LogP contribution in [0.15, 0.2) is 34.2 Å². The Hall–Kier alpha value is -1.58. The second-order valence-electron chi connectivity index (χ2n) is 6.27. The molecule has 1 aliphatic rings. The zero-order chi connectivity index (χ0) is 19.4. The Morgan fingerprint density at radius 3 is 2.93 bits per heavy atom. The van der Waals surface area contributed by atoms with Gasteiger partial charge in [0.05, 0.1) is 35.5 Å². The average Bonchev–Trinajstić information content (AvgIpc) is 3.27. The van der Waals surface area contributed by atoms with Crippen LogP contribution in [0.25, 0.3) is 0 Å². The molecule has 2 aromatic heterocycles. The van der Waals surface area contributed by atoms with Gasteiger partial charge in [0.25, 0.3) is 5.91 Å². The lowest BCUT2D eigenvalue weighted by Gasteiger charge is -2.27. The summed E-state index contributed by atoms with van der Waals surface area (Å²) in [7, 11) is -3.16. The summed E-state index contributed by atoms with van der Waals surface area (Å²) in [5.41, 5.74) is 0.0844. The summed E-state index contributed by atoms with van der Waals surface area (Å²) in [4.78, 5) is 23.2. The Labute approximate surface area is 167 Å². The molecule has 1 atom stereocenters. The van der Waals surface area contributed by atoms with Crippen molar-refractivity contribution in [3.05, 3.63) is 41.1 Å². The summed E-state index contributed by atoms with van der Waals surface area (Å²) < 4.78 is 29.2. The molecule has 1 aliphatic heterocycles. The third-order valence-corrected chi connectivity index (χ3v) is 7.27. The summed E-state index contributed by atoms with van der Waals surface area (Å²) in [6, 6.07) is 3.03. The molecule has 7 nitrogen and oxygen atoms in total. The maximum absolute atomic E-state index is 13.2. The van der Waals surface area contributed by atoms with Crippen LogP contribution >= 0.6 is 23.4 Å². The first-order chi connectivity index (χ1) is 12.9. The van der Waals surface area contributed by atoms with Crippen LogP contribution in [0.3, 0.4) is 0 Å². The van der Waals surface area contributed by atoms with Gasteiger partial charge in [-0.25, -0.2) is 18.4 Å². The quantitative estimate of drug-likeness (QED) is 0.493. The molecule has 0 bridgehead atoms. The number of nitrogens with zero attached hydrogens (tertiary/aromatic N) is 3. The normalized spacial score (nSPS) is 18.5. The lowest BCUT2D eigenvalue weighted by atomic mass is 10.2. The maximum atomic E-state index is 13.2. The number of amides is 1. The monoisotopic (exact) mass is 429 g/mol. The van der Waals surface area contributed by atoms with Crippen LogP contribution in [0.4, 0.5) is 0 Å². The van der Waals surface area contributed by atoms with E-state index in [4.69, 9.17) is 16.0 Å². The van der Waals surface area contributed by atoms with Crippen LogP contribution in [0, 0.1) is 0 Å². The SMILES string of the molecule is CCCSc1ncc(Cl)c(C(=O)N(Cc2ccco2)C2CCS(=O)(=O)C2)n1. The fourth-order valence-corrected chi connectivity index (χ4v) is 5.43. The Balaban J connectivity index is 1.90. The van der Waals surface area contributed by atoms with E-state index in [0.29, 0.717) is 17.3 Å². The van der Waals surface area contributed by atoms with E-state index in [-0.39, 0.29) is 28.8 Å². The van der Waals surface area contributed by atoms with Gasteiger partial charge < -0.3 is 9.32 Å². The number of hydrogen-bond donors (Lipinski definition) is 0. The van der Waals surface area contributed by atoms with E-state index in [1.807, 2.05) is 6.92 Å². The smallest absolute Gasteiger partial charge is 0.274 e. The van der Waals surface area contributed by atoms with E-state index in [1.165, 1.54) is 29.1 Å². The minimum Gasteiger partial charge on any atom is -0.467 e. The first-order valence-corrected chi connectivity index (χ1v) is 11.8. The van der Waals surface area contributed by atoms with Crippen molar-refractivity contribution in [1.82, 2.24) is 14.9 Å². The van der Waals surface area contributed by atoms with Crippen molar-refractivity contribution < 1.29 is 17.6 Å². The van der Waals surface area contributed by atoms with Gasteiger partial charge in [0.15, 0.2) is 20.7 Å². The van der Waals surface area contributed by atoms with Gasteiger partial charge in [0.1, 0.15) is 5.76 Å². The molecule has 27 heavy (non-hydrogen) atoms. The number of carbonyl (C=O) groups excluding carboxylic acids is 1. The molecule has 1 amide bonds. The fraction of sp³-hybridized carbons (Fsp3) is 0.471. The minimum atomic E-state index is -3.16. The predicted molar refractivity (Wildman–Crippen MR) is 104 cm³/mol. The van der Waals surface area contributed by atoms with Crippen molar-refractivity contribution in [2.45, 2.75) is 37.5 Å². The third-order valence-electron chi connectivity index (χ3n) is 4.18. The number of furan rings is 1. The molecular formula is C17H20ClN3O4S2. The number of hydrogen-bond acceptors (Lipinski definition) is 7. The number of rotatable bonds is 7. The Kier molecular flexibility index (Phi) is 6.44. The number of sulfone groups is 1. The molecule has 3 heterocycles. The van der Waals surface area contributed by atoms with Crippen LogP contribution < -0.4 is 0 Å². The van der Waals surface area contributed by atoms with E-state index in [9.17, 15) is 13.2 Å². The van der Waals surface area contributed by atoms with E-state index in [0.717, 1.165) is 12.2 Å². The van der Waals surface area contributed by atoms with Gasteiger partial charge in [0, 0.05) is 11.8 Å². The summed E-state index contributed by atoms with van der Waals surface area (Å²) in [5, 5.41) is 0.618. The summed E-state index contributed by atoms with van der Waals surface area (Å²) >= 11 is 7.63. The Bertz CT molecular complexity index is 903. The van der Waals surface area contributed by atoms with Crippen LogP contribution in [0.1, 0.15) is 36.0 Å². The molecule has 0 radical (unpaired) electrons. The van der Waals surface area contributed by atoms with E-state index in [1.54, 1.807) is 12.1 Å². The highest BCUT2D eigenvalue weighted by atomic mass is 35.5. The van der Waals surface area contributed by atoms with Gasteiger partial charge in [-0.05, 0) is 25.0 Å². The highest BCUT2D eigenvalue weighted by Crippen LogP contribution is 2.25. The van der Waals surface area contributed by atoms with Crippen LogP contribution in [0.2, 0.25) is 5.02 Å². The summed E-state index contributed by atoms with van der Waals surface area (Å²) in [5.74, 6) is 0.971. The molecule has 1 saturated heterocycles. The van der Waals surface area contributed by atoms with E-state index < -0.39 is 21.8 Å². The fourth-order valence-electron chi connectivity index (χ4n) is 2.86. The second kappa shape index (κ2) is 8.62. The lowest BCUT2D eigenvalue weighted by Crippen LogP contribution is -2.41. The average molecular weight is 430 g/mol. The van der Waals surface area contributed by atoms with Gasteiger partial charge in [-0.1, -0.05) is 30.3 Å². The number of halogens is 1. The maximum Gasteiger partial charge on any atom is 0.274 e. The number of thioether (sulfide) groups is 1. The minimum absolute atomic E-state index is 0.0642. The molecule has 3 rings (SSSR count). The summed E-state index contributed by atoms with van der Waals surface area (Å²) in [6.45, 7) is 2.20. The zero-order valence-electron chi connectivity index (χ0n) is 14.8. The van der Waals surface area contributed by atoms with Crippen molar-refractivity contribution in [3.8, 4) is 0 Å². The number of aromatic nitrogens is 2. The first-order valence-electron chi connectivity index (χ1n) is 8.58. The van der Waals surface area contributed by atoms with E-state index >= 15 is 0 Å². The highest BCUT2D eigenvalue weighted by molar-refractivity contribution is 7.99. The molecule has 0 aromatic carbocycles. The van der Waals surface area contributed by atoms with Crippen LogP contribution in [-0.4, -0.2) is 52.5 Å². The zero-order valence-corrected chi connectivity index (χ0v) is 17.2. The largest absolute Gasteiger partial charge is 0.467 e. The highest BCUT2D eigenvalue weighted by Gasteiger charge is 2.36. The first kappa shape index (κ1) is 20.2. The molecular weight excluding hydrogens is 410 g/mol. The van der Waals surface area contributed by atoms with Crippen LogP contribution in [-0.2, 0) is 16.4 Å². The van der Waals surface area contributed by atoms with Crippen molar-refractivity contribution >= 4 is 39.1 Å². The Morgan fingerprint density at radius 2 is 2.30 bits per heavy atom. The summed E-state index contributed by atoms with van der Waals surface area (Å²) in [6.07, 6.45) is 4.26. The second-order valence-corrected chi connectivity index (χ2v) is 9.96. The number of carbonyl (C=O) groups is 1. The van der Waals surface area contributed by atoms with Gasteiger partial charge in [-0.2, -0.15) is 0 Å². The molecule has 146 valence electrons. The topological polar surface area (TPSA) is 93.4 Å². The predicted octanol–water partition coefficient (Wildman–Crippen LogP) is 3.05. The van der Waals surface area contributed by atoms with Gasteiger partial charge in [-0.15, -0.1) is 0 Å². The molecule has 0 N–H and O–H groups in total. The van der Waals surface area contributed by atoms with E-state index in [2.05, 4.69) is 9.97 Å². The molecule has 0 saturated carbocycles. The van der Waals surface area contributed by atoms with Crippen molar-refractivity contribution in [2.24, 2.45) is 0 Å². The van der Waals surface area contributed by atoms with Crippen molar-refractivity contribution in [3.63, 3.8) is 0 Å². The standard InChI is InChI=1S/C17H20ClN3O4S2/c1-2-7-26-17-19-9-14(18)15(20-17)16(22)21(10-13-4-3-6-25-13)12-5-8-27(23,24)11-12/h3-4,6,9,12H,2,5,7-8,10-11H2,1H3. The molecule has 1 unspecified atom stereocenters. The molecule has 1 fully saturated rings. The lowest BCUT2D eigenvalue weighted by molar-refractivity contribution is 0.0659. The molecule has 0 aliphatic carbocycles. The Morgan fingerprint density at radius 1 is 1.48 bits per heavy atom. The molecule has 0 spiro atoms. The third kappa shape index (κ3) is 5.03. The van der Waals surface area contributed by atoms with Gasteiger partial charge in [-0.3, -0.25) is 4.79 Å². The van der Waals surface area contributed by atoms with Crippen molar-refractivity contribution in [2.75, 3.05) is 17.3 Å². The molecule has 10 heteroatoms. The van der Waals surface area contributed by atoms with Crippen molar-refractivity contribution in [1.29, 1.82) is 0 Å².